The van der Waals surface area contributed by atoms with Gasteiger partial charge in [0, 0.05) is 32.4 Å². The topological polar surface area (TPSA) is 85.7 Å². The lowest BCUT2D eigenvalue weighted by molar-refractivity contribution is -0.123. The second-order valence-corrected chi connectivity index (χ2v) is 11.1. The summed E-state index contributed by atoms with van der Waals surface area (Å²) in [5.74, 6) is 0.864. The number of aromatic nitrogens is 2. The van der Waals surface area contributed by atoms with Gasteiger partial charge in [0.1, 0.15) is 16.7 Å². The van der Waals surface area contributed by atoms with E-state index in [1.807, 2.05) is 85.8 Å². The molecule has 2 aromatic heterocycles. The van der Waals surface area contributed by atoms with Gasteiger partial charge >= 0.3 is 0 Å². The number of hydrogen-bond donors (Lipinski definition) is 1. The monoisotopic (exact) mass is 664 g/mol. The number of fused-ring (bicyclic) bond motifs is 2. The molecule has 0 fully saturated rings. The van der Waals surface area contributed by atoms with E-state index in [4.69, 9.17) is 26.1 Å². The van der Waals surface area contributed by atoms with Crippen molar-refractivity contribution in [3.63, 3.8) is 0 Å². The van der Waals surface area contributed by atoms with Crippen LogP contribution >= 0.6 is 27.5 Å². The highest BCUT2D eigenvalue weighted by molar-refractivity contribution is 9.10. The van der Waals surface area contributed by atoms with Crippen molar-refractivity contribution in [2.45, 2.75) is 6.92 Å². The van der Waals surface area contributed by atoms with Gasteiger partial charge in [0.25, 0.3) is 5.91 Å². The van der Waals surface area contributed by atoms with Crippen LogP contribution in [-0.4, -0.2) is 35.3 Å². The summed E-state index contributed by atoms with van der Waals surface area (Å²) in [5.41, 5.74) is 8.64. The summed E-state index contributed by atoms with van der Waals surface area (Å²) in [6.45, 7) is 2.28. The van der Waals surface area contributed by atoms with Crippen molar-refractivity contribution >= 4 is 61.5 Å². The number of amides is 1. The van der Waals surface area contributed by atoms with Crippen LogP contribution in [-0.2, 0) is 4.79 Å². The first-order chi connectivity index (χ1) is 21.5. The minimum Gasteiger partial charge on any atom is -0.494 e. The second-order valence-electron chi connectivity index (χ2n) is 9.84. The Bertz CT molecular complexity index is 2000. The number of nitrogens with one attached hydrogen (secondary N) is 1. The van der Waals surface area contributed by atoms with Gasteiger partial charge in [-0.3, -0.25) is 4.79 Å². The lowest BCUT2D eigenvalue weighted by atomic mass is 9.98. The molecule has 0 atom stereocenters. The Morgan fingerprint density at radius 2 is 1.66 bits per heavy atom. The second kappa shape index (κ2) is 13.2. The van der Waals surface area contributed by atoms with Crippen LogP contribution < -0.4 is 14.9 Å². The summed E-state index contributed by atoms with van der Waals surface area (Å²) in [6.07, 6.45) is 1.46. The third kappa shape index (κ3) is 6.72. The van der Waals surface area contributed by atoms with E-state index in [9.17, 15) is 4.79 Å². The fourth-order valence-electron chi connectivity index (χ4n) is 4.77. The Hall–Kier alpha value is -4.79. The zero-order chi connectivity index (χ0) is 30.5. The molecule has 6 aromatic rings. The van der Waals surface area contributed by atoms with Crippen molar-refractivity contribution in [3.05, 3.63) is 118 Å². The van der Waals surface area contributed by atoms with E-state index in [1.54, 1.807) is 0 Å². The number of hydrogen-bond acceptors (Lipinski definition) is 6. The molecule has 218 valence electrons. The molecule has 6 rings (SSSR count). The van der Waals surface area contributed by atoms with E-state index in [0.29, 0.717) is 23.4 Å². The molecule has 0 aliphatic rings. The summed E-state index contributed by atoms with van der Waals surface area (Å²) in [4.78, 5) is 21.7. The maximum absolute atomic E-state index is 12.4. The van der Waals surface area contributed by atoms with Crippen LogP contribution in [0.15, 0.2) is 113 Å². The minimum absolute atomic E-state index is 0.206. The van der Waals surface area contributed by atoms with Gasteiger partial charge in [-0.05, 0) is 84.8 Å². The molecule has 9 heteroatoms. The Morgan fingerprint density at radius 3 is 2.45 bits per heavy atom. The average molecular weight is 666 g/mol. The van der Waals surface area contributed by atoms with Crippen molar-refractivity contribution in [2.24, 2.45) is 5.10 Å². The molecular formula is C35H26BrClN4O3. The largest absolute Gasteiger partial charge is 0.494 e. The number of benzene rings is 4. The first-order valence-corrected chi connectivity index (χ1v) is 15.1. The quantitative estimate of drug-likeness (QED) is 0.0952. The van der Waals surface area contributed by atoms with Crippen molar-refractivity contribution in [1.82, 2.24) is 15.4 Å². The third-order valence-corrected chi connectivity index (χ3v) is 7.65. The number of rotatable bonds is 9. The maximum atomic E-state index is 12.4. The van der Waals surface area contributed by atoms with E-state index >= 15 is 0 Å². The summed E-state index contributed by atoms with van der Waals surface area (Å²) < 4.78 is 12.2. The van der Waals surface area contributed by atoms with Crippen molar-refractivity contribution in [3.8, 4) is 33.9 Å². The van der Waals surface area contributed by atoms with Gasteiger partial charge in [0.15, 0.2) is 6.61 Å². The summed E-state index contributed by atoms with van der Waals surface area (Å²) in [6, 6.07) is 33.4. The Kier molecular flexibility index (Phi) is 8.81. The molecule has 0 spiro atoms. The van der Waals surface area contributed by atoms with E-state index < -0.39 is 5.91 Å². The maximum Gasteiger partial charge on any atom is 0.277 e. The predicted octanol–water partition coefficient (Wildman–Crippen LogP) is 8.46. The minimum atomic E-state index is -0.411. The fourth-order valence-corrected chi connectivity index (χ4v) is 5.32. The smallest absolute Gasteiger partial charge is 0.277 e. The lowest BCUT2D eigenvalue weighted by Crippen LogP contribution is -2.24. The molecule has 1 amide bonds. The molecule has 0 radical (unpaired) electrons. The molecule has 0 bridgehead atoms. The molecule has 1 N–H and O–H groups in total. The average Bonchev–Trinajstić information content (AvgIpc) is 3.04. The number of pyridine rings is 2. The zero-order valence-corrected chi connectivity index (χ0v) is 26.0. The van der Waals surface area contributed by atoms with Crippen molar-refractivity contribution in [2.75, 3.05) is 13.2 Å². The van der Waals surface area contributed by atoms with Gasteiger partial charge in [0.2, 0.25) is 0 Å². The third-order valence-electron chi connectivity index (χ3n) is 6.85. The van der Waals surface area contributed by atoms with Crippen molar-refractivity contribution < 1.29 is 14.3 Å². The van der Waals surface area contributed by atoms with Gasteiger partial charge in [-0.2, -0.15) is 5.10 Å². The Morgan fingerprint density at radius 1 is 0.864 bits per heavy atom. The Labute approximate surface area is 267 Å². The number of carbonyl (C=O) groups is 1. The number of ether oxygens (including phenoxy) is 2. The van der Waals surface area contributed by atoms with E-state index in [2.05, 4.69) is 55.7 Å². The molecule has 0 unspecified atom stereocenters. The molecule has 0 saturated heterocycles. The highest BCUT2D eigenvalue weighted by atomic mass is 79.9. The van der Waals surface area contributed by atoms with Crippen LogP contribution in [0, 0.1) is 0 Å². The molecule has 7 nitrogen and oxygen atoms in total. The van der Waals surface area contributed by atoms with Crippen LogP contribution in [0.25, 0.3) is 44.2 Å². The van der Waals surface area contributed by atoms with Gasteiger partial charge in [-0.25, -0.2) is 15.4 Å². The summed E-state index contributed by atoms with van der Waals surface area (Å²) in [5, 5.41) is 6.23. The highest BCUT2D eigenvalue weighted by Crippen LogP contribution is 2.34. The number of hydrazone groups is 1. The van der Waals surface area contributed by atoms with Gasteiger partial charge in [0.05, 0.1) is 29.5 Å². The Balaban J connectivity index is 1.10. The van der Waals surface area contributed by atoms with Gasteiger partial charge < -0.3 is 9.47 Å². The van der Waals surface area contributed by atoms with Crippen LogP contribution in [0.3, 0.4) is 0 Å². The molecule has 2 heterocycles. The molecule has 44 heavy (non-hydrogen) atoms. The summed E-state index contributed by atoms with van der Waals surface area (Å²) >= 11 is 9.92. The van der Waals surface area contributed by atoms with Gasteiger partial charge in [-0.15, -0.1) is 0 Å². The van der Waals surface area contributed by atoms with Crippen LogP contribution in [0.2, 0.25) is 5.15 Å². The van der Waals surface area contributed by atoms with Crippen LogP contribution in [0.5, 0.6) is 11.5 Å². The molecule has 4 aromatic carbocycles. The molecule has 0 aliphatic heterocycles. The molecule has 0 saturated carbocycles. The SMILES string of the molecule is CCOc1ccc2cc(C=NNC(=O)COc3ccc(-c4cc(-c5ccccc5)c5cc(Br)ccc5n4)cc3)c(Cl)nc2c1. The molecular weight excluding hydrogens is 640 g/mol. The van der Waals surface area contributed by atoms with E-state index in [-0.39, 0.29) is 11.8 Å². The normalized spacial score (nSPS) is 11.2. The van der Waals surface area contributed by atoms with E-state index in [1.165, 1.54) is 6.21 Å². The number of halogens is 2. The van der Waals surface area contributed by atoms with Crippen LogP contribution in [0.4, 0.5) is 0 Å². The lowest BCUT2D eigenvalue weighted by Gasteiger charge is -2.11. The fraction of sp³-hybridized carbons (Fsp3) is 0.0857. The first-order valence-electron chi connectivity index (χ1n) is 13.9. The predicted molar refractivity (Wildman–Crippen MR) is 179 cm³/mol. The first kappa shape index (κ1) is 29.3. The molecule has 0 aliphatic carbocycles. The zero-order valence-electron chi connectivity index (χ0n) is 23.6. The number of nitrogens with zero attached hydrogens (tertiary/aromatic N) is 3. The standard InChI is InChI=1S/C35H26BrClN4O3/c1-2-43-28-14-10-24-16-25(35(37)40-32(24)18-28)20-38-41-34(42)21-44-27-12-8-23(9-13-27)33-19-29(22-6-4-3-5-7-22)30-17-26(36)11-15-31(30)39-33/h3-20H,2,21H2,1H3,(H,41,42). The van der Waals surface area contributed by atoms with Crippen molar-refractivity contribution in [1.29, 1.82) is 0 Å². The van der Waals surface area contributed by atoms with E-state index in [0.717, 1.165) is 48.9 Å². The van der Waals surface area contributed by atoms with Gasteiger partial charge in [-0.1, -0.05) is 57.9 Å². The number of carbonyl (C=O) groups excluding carboxylic acids is 1. The highest BCUT2D eigenvalue weighted by Gasteiger charge is 2.11. The van der Waals surface area contributed by atoms with Crippen LogP contribution in [0.1, 0.15) is 12.5 Å². The summed E-state index contributed by atoms with van der Waals surface area (Å²) in [7, 11) is 0.